The Morgan fingerprint density at radius 3 is 2.57 bits per heavy atom. The average Bonchev–Trinajstić information content (AvgIpc) is 2.19. The number of hydrazine groups is 1. The van der Waals surface area contributed by atoms with E-state index in [2.05, 4.69) is 5.43 Å². The van der Waals surface area contributed by atoms with Gasteiger partial charge >= 0.3 is 5.97 Å². The van der Waals surface area contributed by atoms with Crippen molar-refractivity contribution in [2.45, 2.75) is 45.6 Å². The molecule has 3 N–H and O–H groups in total. The molecule has 0 saturated heterocycles. The zero-order valence-corrected chi connectivity index (χ0v) is 9.01. The maximum absolute atomic E-state index is 11.6. The van der Waals surface area contributed by atoms with Gasteiger partial charge < -0.3 is 4.74 Å². The van der Waals surface area contributed by atoms with Crippen LogP contribution in [0.1, 0.15) is 39.5 Å². The van der Waals surface area contributed by atoms with Gasteiger partial charge in [-0.05, 0) is 39.5 Å². The maximum atomic E-state index is 11.6. The number of carbonyl (C=O) groups excluding carboxylic acids is 1. The molecule has 4 heteroatoms. The second-order valence-electron chi connectivity index (χ2n) is 4.22. The molecule has 1 aliphatic rings. The van der Waals surface area contributed by atoms with Crippen LogP contribution in [0.3, 0.4) is 0 Å². The van der Waals surface area contributed by atoms with Gasteiger partial charge in [-0.3, -0.25) is 16.1 Å². The zero-order valence-electron chi connectivity index (χ0n) is 9.01. The molecular formula is C10H20N2O2. The molecule has 0 bridgehead atoms. The summed E-state index contributed by atoms with van der Waals surface area (Å²) in [7, 11) is 0. The van der Waals surface area contributed by atoms with Crippen LogP contribution >= 0.6 is 0 Å². The molecule has 0 radical (unpaired) electrons. The highest BCUT2D eigenvalue weighted by molar-refractivity contribution is 5.76. The van der Waals surface area contributed by atoms with Crippen molar-refractivity contribution in [1.29, 1.82) is 0 Å². The lowest BCUT2D eigenvalue weighted by molar-refractivity contribution is -0.156. The first-order valence-electron chi connectivity index (χ1n) is 5.25. The molecule has 0 atom stereocenters. The summed E-state index contributed by atoms with van der Waals surface area (Å²) < 4.78 is 5.06. The summed E-state index contributed by atoms with van der Waals surface area (Å²) in [6, 6.07) is 0.359. The molecule has 1 saturated carbocycles. The van der Waals surface area contributed by atoms with Crippen molar-refractivity contribution in [2.75, 3.05) is 6.61 Å². The third-order valence-electron chi connectivity index (χ3n) is 3.09. The van der Waals surface area contributed by atoms with Gasteiger partial charge in [-0.2, -0.15) is 0 Å². The third-order valence-corrected chi connectivity index (χ3v) is 3.09. The van der Waals surface area contributed by atoms with Crippen LogP contribution in [-0.2, 0) is 9.53 Å². The van der Waals surface area contributed by atoms with Crippen LogP contribution in [-0.4, -0.2) is 18.6 Å². The average molecular weight is 200 g/mol. The lowest BCUT2D eigenvalue weighted by Crippen LogP contribution is -2.43. The number of hydrogen-bond donors (Lipinski definition) is 2. The zero-order chi connectivity index (χ0) is 10.6. The highest BCUT2D eigenvalue weighted by atomic mass is 16.5. The van der Waals surface area contributed by atoms with Crippen LogP contribution < -0.4 is 11.3 Å². The quantitative estimate of drug-likeness (QED) is 0.404. The lowest BCUT2D eigenvalue weighted by Gasteiger charge is -2.34. The van der Waals surface area contributed by atoms with E-state index in [1.54, 1.807) is 0 Å². The van der Waals surface area contributed by atoms with Crippen molar-refractivity contribution >= 4 is 5.97 Å². The van der Waals surface area contributed by atoms with Gasteiger partial charge in [0.05, 0.1) is 12.0 Å². The Bertz CT molecular complexity index is 198. The molecule has 1 fully saturated rings. The third kappa shape index (κ3) is 2.45. The van der Waals surface area contributed by atoms with Crippen LogP contribution in [0.4, 0.5) is 0 Å². The largest absolute Gasteiger partial charge is 0.466 e. The van der Waals surface area contributed by atoms with Gasteiger partial charge in [0, 0.05) is 6.04 Å². The smallest absolute Gasteiger partial charge is 0.311 e. The van der Waals surface area contributed by atoms with E-state index in [9.17, 15) is 4.79 Å². The predicted octanol–water partition coefficient (Wildman–Crippen LogP) is 0.962. The number of ether oxygens (including phenoxy) is 1. The Morgan fingerprint density at radius 1 is 1.57 bits per heavy atom. The van der Waals surface area contributed by atoms with Crippen molar-refractivity contribution in [1.82, 2.24) is 5.43 Å². The van der Waals surface area contributed by atoms with E-state index >= 15 is 0 Å². The van der Waals surface area contributed by atoms with Gasteiger partial charge in [-0.15, -0.1) is 0 Å². The number of rotatable bonds is 3. The standard InChI is InChI=1S/C10H20N2O2/c1-3-14-9(13)10(2)6-4-8(12-11)5-7-10/h8,12H,3-7,11H2,1-2H3. The molecule has 0 aromatic rings. The second-order valence-corrected chi connectivity index (χ2v) is 4.22. The van der Waals surface area contributed by atoms with Crippen LogP contribution in [0.25, 0.3) is 0 Å². The van der Waals surface area contributed by atoms with Crippen LogP contribution in [0.2, 0.25) is 0 Å². The maximum Gasteiger partial charge on any atom is 0.311 e. The first-order chi connectivity index (χ1) is 6.62. The number of nitrogens with one attached hydrogen (secondary N) is 1. The Morgan fingerprint density at radius 2 is 2.14 bits per heavy atom. The minimum Gasteiger partial charge on any atom is -0.466 e. The fraction of sp³-hybridized carbons (Fsp3) is 0.900. The number of esters is 1. The van der Waals surface area contributed by atoms with Crippen molar-refractivity contribution in [3.63, 3.8) is 0 Å². The lowest BCUT2D eigenvalue weighted by atomic mass is 9.74. The second kappa shape index (κ2) is 4.75. The summed E-state index contributed by atoms with van der Waals surface area (Å²) in [5.41, 5.74) is 2.47. The minimum absolute atomic E-state index is 0.0597. The highest BCUT2D eigenvalue weighted by Gasteiger charge is 2.38. The topological polar surface area (TPSA) is 64.3 Å². The molecule has 1 rings (SSSR count). The minimum atomic E-state index is -0.288. The van der Waals surface area contributed by atoms with Crippen molar-refractivity contribution in [3.05, 3.63) is 0 Å². The van der Waals surface area contributed by atoms with E-state index in [0.29, 0.717) is 12.6 Å². The number of hydrogen-bond acceptors (Lipinski definition) is 4. The van der Waals surface area contributed by atoms with Crippen LogP contribution in [0.5, 0.6) is 0 Å². The number of carbonyl (C=O) groups is 1. The molecule has 0 heterocycles. The van der Waals surface area contributed by atoms with Crippen molar-refractivity contribution in [2.24, 2.45) is 11.3 Å². The number of nitrogens with two attached hydrogens (primary N) is 1. The fourth-order valence-corrected chi connectivity index (χ4v) is 1.93. The van der Waals surface area contributed by atoms with E-state index in [1.165, 1.54) is 0 Å². The summed E-state index contributed by atoms with van der Waals surface area (Å²) in [5.74, 6) is 5.30. The first-order valence-corrected chi connectivity index (χ1v) is 5.25. The highest BCUT2D eigenvalue weighted by Crippen LogP contribution is 2.36. The van der Waals surface area contributed by atoms with Crippen LogP contribution in [0.15, 0.2) is 0 Å². The predicted molar refractivity (Wildman–Crippen MR) is 54.3 cm³/mol. The van der Waals surface area contributed by atoms with Crippen LogP contribution in [0, 0.1) is 5.41 Å². The van der Waals surface area contributed by atoms with Gasteiger partial charge in [-0.1, -0.05) is 0 Å². The normalized spacial score (nSPS) is 32.6. The Labute approximate surface area is 85.2 Å². The molecule has 0 aromatic heterocycles. The Balaban J connectivity index is 2.48. The van der Waals surface area contributed by atoms with E-state index in [4.69, 9.17) is 10.6 Å². The molecule has 14 heavy (non-hydrogen) atoms. The van der Waals surface area contributed by atoms with E-state index in [-0.39, 0.29) is 11.4 Å². The molecule has 0 aliphatic heterocycles. The van der Waals surface area contributed by atoms with Gasteiger partial charge in [0.1, 0.15) is 0 Å². The molecule has 0 spiro atoms. The summed E-state index contributed by atoms with van der Waals surface area (Å²) >= 11 is 0. The first kappa shape index (κ1) is 11.5. The van der Waals surface area contributed by atoms with Gasteiger partial charge in [0.15, 0.2) is 0 Å². The SMILES string of the molecule is CCOC(=O)C1(C)CCC(NN)CC1. The van der Waals surface area contributed by atoms with Gasteiger partial charge in [0.25, 0.3) is 0 Å². The summed E-state index contributed by atoms with van der Waals surface area (Å²) in [4.78, 5) is 11.6. The summed E-state index contributed by atoms with van der Waals surface area (Å²) in [6.45, 7) is 4.29. The van der Waals surface area contributed by atoms with Gasteiger partial charge in [-0.25, -0.2) is 0 Å². The van der Waals surface area contributed by atoms with Crippen molar-refractivity contribution < 1.29 is 9.53 Å². The summed E-state index contributed by atoms with van der Waals surface area (Å²) in [5, 5.41) is 0. The van der Waals surface area contributed by atoms with Gasteiger partial charge in [0.2, 0.25) is 0 Å². The molecular weight excluding hydrogens is 180 g/mol. The fourth-order valence-electron chi connectivity index (χ4n) is 1.93. The molecule has 0 amide bonds. The van der Waals surface area contributed by atoms with E-state index in [1.807, 2.05) is 13.8 Å². The molecule has 0 unspecified atom stereocenters. The molecule has 82 valence electrons. The Hall–Kier alpha value is -0.610. The van der Waals surface area contributed by atoms with Crippen molar-refractivity contribution in [3.8, 4) is 0 Å². The monoisotopic (exact) mass is 200 g/mol. The van der Waals surface area contributed by atoms with E-state index < -0.39 is 0 Å². The summed E-state index contributed by atoms with van der Waals surface area (Å²) in [6.07, 6.45) is 3.62. The molecule has 4 nitrogen and oxygen atoms in total. The Kier molecular flexibility index (Phi) is 3.89. The molecule has 0 aromatic carbocycles. The molecule has 1 aliphatic carbocycles. The van der Waals surface area contributed by atoms with E-state index in [0.717, 1.165) is 25.7 Å².